The molecule has 13 heavy (non-hydrogen) atoms. The van der Waals surface area contributed by atoms with Crippen LogP contribution in [-0.4, -0.2) is 11.3 Å². The Morgan fingerprint density at radius 2 is 1.69 bits per heavy atom. The Balaban J connectivity index is 3.95. The second-order valence-corrected chi connectivity index (χ2v) is 4.66. The van der Waals surface area contributed by atoms with Crippen LogP contribution in [0.1, 0.15) is 66.7 Å². The lowest BCUT2D eigenvalue weighted by molar-refractivity contribution is 0.577. The molecule has 0 aliphatic rings. The molecule has 0 saturated heterocycles. The van der Waals surface area contributed by atoms with Crippen LogP contribution in [0.2, 0.25) is 0 Å². The van der Waals surface area contributed by atoms with E-state index >= 15 is 0 Å². The first-order chi connectivity index (χ1) is 5.99. The SMILES string of the molecule is CCCCC/C(CC)=N\C(C)(C)C. The third-order valence-electron chi connectivity index (χ3n) is 1.97. The Kier molecular flexibility index (Phi) is 6.02. The first-order valence-corrected chi connectivity index (χ1v) is 5.57. The van der Waals surface area contributed by atoms with Crippen LogP contribution in [0.3, 0.4) is 0 Å². The smallest absolute Gasteiger partial charge is 0.0523 e. The Labute approximate surface area is 83.6 Å². The number of nitrogens with zero attached hydrogens (tertiary/aromatic N) is 1. The van der Waals surface area contributed by atoms with Gasteiger partial charge in [0.2, 0.25) is 0 Å². The van der Waals surface area contributed by atoms with Gasteiger partial charge in [0.05, 0.1) is 5.54 Å². The quantitative estimate of drug-likeness (QED) is 0.447. The van der Waals surface area contributed by atoms with E-state index in [0.717, 1.165) is 6.42 Å². The first kappa shape index (κ1) is 12.7. The Morgan fingerprint density at radius 1 is 1.08 bits per heavy atom. The second-order valence-electron chi connectivity index (χ2n) is 4.66. The van der Waals surface area contributed by atoms with Crippen molar-refractivity contribution in [3.8, 4) is 0 Å². The molecule has 0 amide bonds. The highest BCUT2D eigenvalue weighted by atomic mass is 14.8. The molecule has 1 nitrogen and oxygen atoms in total. The minimum Gasteiger partial charge on any atom is -0.288 e. The number of unbranched alkanes of at least 4 members (excludes halogenated alkanes) is 2. The first-order valence-electron chi connectivity index (χ1n) is 5.57. The van der Waals surface area contributed by atoms with Crippen LogP contribution in [0.15, 0.2) is 4.99 Å². The summed E-state index contributed by atoms with van der Waals surface area (Å²) in [6, 6.07) is 0. The molecule has 0 unspecified atom stereocenters. The zero-order valence-corrected chi connectivity index (χ0v) is 9.98. The van der Waals surface area contributed by atoms with Crippen LogP contribution in [0.25, 0.3) is 0 Å². The lowest BCUT2D eigenvalue weighted by atomic mass is 10.1. The van der Waals surface area contributed by atoms with Gasteiger partial charge in [-0.05, 0) is 40.0 Å². The van der Waals surface area contributed by atoms with Crippen LogP contribution in [0.4, 0.5) is 0 Å². The van der Waals surface area contributed by atoms with E-state index in [1.54, 1.807) is 0 Å². The largest absolute Gasteiger partial charge is 0.288 e. The molecular weight excluding hydrogens is 158 g/mol. The van der Waals surface area contributed by atoms with Crippen molar-refractivity contribution in [1.82, 2.24) is 0 Å². The van der Waals surface area contributed by atoms with Crippen molar-refractivity contribution >= 4 is 5.71 Å². The average Bonchev–Trinajstić information content (AvgIpc) is 2.01. The second kappa shape index (κ2) is 6.17. The fourth-order valence-corrected chi connectivity index (χ4v) is 1.37. The van der Waals surface area contributed by atoms with Gasteiger partial charge in [0, 0.05) is 5.71 Å². The molecule has 1 heteroatoms. The molecule has 0 fully saturated rings. The predicted molar refractivity (Wildman–Crippen MR) is 61.6 cm³/mol. The van der Waals surface area contributed by atoms with Crippen molar-refractivity contribution < 1.29 is 0 Å². The number of hydrogen-bond donors (Lipinski definition) is 0. The van der Waals surface area contributed by atoms with Gasteiger partial charge in [-0.2, -0.15) is 0 Å². The van der Waals surface area contributed by atoms with E-state index in [1.165, 1.54) is 31.4 Å². The van der Waals surface area contributed by atoms with Crippen molar-refractivity contribution in [1.29, 1.82) is 0 Å². The normalized spacial score (nSPS) is 13.5. The lowest BCUT2D eigenvalue weighted by Gasteiger charge is -2.15. The zero-order valence-electron chi connectivity index (χ0n) is 9.98. The van der Waals surface area contributed by atoms with Crippen molar-refractivity contribution in [2.24, 2.45) is 4.99 Å². The van der Waals surface area contributed by atoms with Crippen molar-refractivity contribution in [3.05, 3.63) is 0 Å². The maximum Gasteiger partial charge on any atom is 0.0523 e. The summed E-state index contributed by atoms with van der Waals surface area (Å²) in [4.78, 5) is 4.72. The van der Waals surface area contributed by atoms with E-state index in [2.05, 4.69) is 34.6 Å². The minimum atomic E-state index is 0.109. The van der Waals surface area contributed by atoms with E-state index in [0.29, 0.717) is 0 Å². The monoisotopic (exact) mass is 183 g/mol. The fraction of sp³-hybridized carbons (Fsp3) is 0.917. The highest BCUT2D eigenvalue weighted by molar-refractivity contribution is 5.84. The average molecular weight is 183 g/mol. The minimum absolute atomic E-state index is 0.109. The lowest BCUT2D eigenvalue weighted by Crippen LogP contribution is -2.13. The molecule has 0 aliphatic carbocycles. The van der Waals surface area contributed by atoms with Crippen LogP contribution in [0, 0.1) is 0 Å². The number of rotatable bonds is 5. The van der Waals surface area contributed by atoms with Crippen molar-refractivity contribution in [3.63, 3.8) is 0 Å². The molecule has 0 saturated carbocycles. The summed E-state index contributed by atoms with van der Waals surface area (Å²) in [6.07, 6.45) is 6.25. The van der Waals surface area contributed by atoms with E-state index < -0.39 is 0 Å². The van der Waals surface area contributed by atoms with E-state index in [4.69, 9.17) is 4.99 Å². The van der Waals surface area contributed by atoms with E-state index in [-0.39, 0.29) is 5.54 Å². The van der Waals surface area contributed by atoms with Gasteiger partial charge in [-0.25, -0.2) is 0 Å². The van der Waals surface area contributed by atoms with Crippen LogP contribution < -0.4 is 0 Å². The molecule has 0 spiro atoms. The Bertz CT molecular complexity index is 151. The Morgan fingerprint density at radius 3 is 2.08 bits per heavy atom. The molecule has 0 aromatic heterocycles. The van der Waals surface area contributed by atoms with Gasteiger partial charge >= 0.3 is 0 Å². The highest BCUT2D eigenvalue weighted by Crippen LogP contribution is 2.11. The summed E-state index contributed by atoms with van der Waals surface area (Å²) < 4.78 is 0. The summed E-state index contributed by atoms with van der Waals surface area (Å²) in [6.45, 7) is 11.0. The summed E-state index contributed by atoms with van der Waals surface area (Å²) in [5, 5.41) is 0. The molecular formula is C12H25N. The third kappa shape index (κ3) is 8.01. The van der Waals surface area contributed by atoms with Gasteiger partial charge < -0.3 is 0 Å². The summed E-state index contributed by atoms with van der Waals surface area (Å²) >= 11 is 0. The molecule has 0 bridgehead atoms. The molecule has 0 atom stereocenters. The van der Waals surface area contributed by atoms with Gasteiger partial charge in [0.1, 0.15) is 0 Å². The maximum absolute atomic E-state index is 4.72. The summed E-state index contributed by atoms with van der Waals surface area (Å²) in [7, 11) is 0. The van der Waals surface area contributed by atoms with Gasteiger partial charge in [-0.1, -0.05) is 26.7 Å². The zero-order chi connectivity index (χ0) is 10.3. The van der Waals surface area contributed by atoms with Crippen LogP contribution in [0.5, 0.6) is 0 Å². The molecule has 0 N–H and O–H groups in total. The molecule has 0 radical (unpaired) electrons. The standard InChI is InChI=1S/C12H25N/c1-6-8-9-10-11(7-2)13-12(3,4)5/h6-10H2,1-5H3/b13-11-. The number of aliphatic imine (C=N–C) groups is 1. The van der Waals surface area contributed by atoms with Gasteiger partial charge in [0.25, 0.3) is 0 Å². The fourth-order valence-electron chi connectivity index (χ4n) is 1.37. The summed E-state index contributed by atoms with van der Waals surface area (Å²) in [5.74, 6) is 0. The molecule has 0 rings (SSSR count). The van der Waals surface area contributed by atoms with E-state index in [9.17, 15) is 0 Å². The molecule has 78 valence electrons. The van der Waals surface area contributed by atoms with Crippen molar-refractivity contribution in [2.45, 2.75) is 72.3 Å². The summed E-state index contributed by atoms with van der Waals surface area (Å²) in [5.41, 5.74) is 1.50. The van der Waals surface area contributed by atoms with Crippen LogP contribution >= 0.6 is 0 Å². The maximum atomic E-state index is 4.72. The van der Waals surface area contributed by atoms with E-state index in [1.807, 2.05) is 0 Å². The number of hydrogen-bond acceptors (Lipinski definition) is 1. The van der Waals surface area contributed by atoms with Gasteiger partial charge in [0.15, 0.2) is 0 Å². The Hall–Kier alpha value is -0.330. The molecule has 0 aliphatic heterocycles. The molecule has 0 aromatic carbocycles. The topological polar surface area (TPSA) is 12.4 Å². The molecule has 0 heterocycles. The van der Waals surface area contributed by atoms with Gasteiger partial charge in [-0.15, -0.1) is 0 Å². The molecule has 0 aromatic rings. The van der Waals surface area contributed by atoms with Crippen molar-refractivity contribution in [2.75, 3.05) is 0 Å². The predicted octanol–water partition coefficient (Wildman–Crippen LogP) is 4.22. The third-order valence-corrected chi connectivity index (χ3v) is 1.97. The van der Waals surface area contributed by atoms with Crippen LogP contribution in [-0.2, 0) is 0 Å². The van der Waals surface area contributed by atoms with Gasteiger partial charge in [-0.3, -0.25) is 4.99 Å². The highest BCUT2D eigenvalue weighted by Gasteiger charge is 2.08.